The number of amides is 1. The van der Waals surface area contributed by atoms with Crippen LogP contribution in [0.4, 0.5) is 0 Å². The normalized spacial score (nSPS) is 19.8. The third-order valence-corrected chi connectivity index (χ3v) is 7.51. The molecule has 1 aliphatic carbocycles. The van der Waals surface area contributed by atoms with E-state index >= 15 is 0 Å². The van der Waals surface area contributed by atoms with E-state index in [9.17, 15) is 4.79 Å². The minimum absolute atomic E-state index is 0.102. The molecule has 1 amide bonds. The molecule has 158 valence electrons. The van der Waals surface area contributed by atoms with Gasteiger partial charge in [0.1, 0.15) is 11.4 Å². The number of nitrogens with zero attached hydrogens (tertiary/aromatic N) is 2. The van der Waals surface area contributed by atoms with Crippen LogP contribution in [0.1, 0.15) is 43.2 Å². The Balaban J connectivity index is 1.23. The Labute approximate surface area is 183 Å². The van der Waals surface area contributed by atoms with Gasteiger partial charge in [-0.05, 0) is 67.5 Å². The molecule has 4 heteroatoms. The monoisotopic (exact) mass is 412 g/mol. The summed E-state index contributed by atoms with van der Waals surface area (Å²) in [5.41, 5.74) is 5.89. The van der Waals surface area contributed by atoms with Gasteiger partial charge in [0.05, 0.1) is 5.52 Å². The van der Waals surface area contributed by atoms with Crippen molar-refractivity contribution in [3.8, 4) is 16.9 Å². The molecule has 1 saturated heterocycles. The van der Waals surface area contributed by atoms with Crippen molar-refractivity contribution in [3.05, 3.63) is 59.8 Å². The maximum Gasteiger partial charge on any atom is 0.225 e. The molecule has 0 N–H and O–H groups in total. The first-order chi connectivity index (χ1) is 15.1. The van der Waals surface area contributed by atoms with Gasteiger partial charge < -0.3 is 9.64 Å². The van der Waals surface area contributed by atoms with Crippen LogP contribution < -0.4 is 4.74 Å². The molecule has 4 nitrogen and oxygen atoms in total. The topological polar surface area (TPSA) is 42.4 Å². The van der Waals surface area contributed by atoms with Crippen molar-refractivity contribution in [2.45, 2.75) is 51.0 Å². The van der Waals surface area contributed by atoms with E-state index in [1.807, 2.05) is 12.3 Å². The van der Waals surface area contributed by atoms with Crippen LogP contribution in [0.3, 0.4) is 0 Å². The average Bonchev–Trinajstić information content (AvgIpc) is 3.65. The highest BCUT2D eigenvalue weighted by atomic mass is 16.5. The van der Waals surface area contributed by atoms with Crippen LogP contribution in [-0.2, 0) is 11.2 Å². The number of carbonyl (C=O) groups is 1. The van der Waals surface area contributed by atoms with Crippen LogP contribution in [0.5, 0.6) is 5.75 Å². The number of hydrogen-bond acceptors (Lipinski definition) is 3. The largest absolute Gasteiger partial charge is 0.487 e. The maximum absolute atomic E-state index is 12.4. The lowest BCUT2D eigenvalue weighted by Crippen LogP contribution is -2.51. The maximum atomic E-state index is 12.4. The van der Waals surface area contributed by atoms with Gasteiger partial charge in [-0.15, -0.1) is 0 Å². The van der Waals surface area contributed by atoms with Crippen LogP contribution in [0.2, 0.25) is 0 Å². The van der Waals surface area contributed by atoms with E-state index < -0.39 is 0 Å². The Hall–Kier alpha value is -2.88. The Morgan fingerprint density at radius 2 is 1.90 bits per heavy atom. The van der Waals surface area contributed by atoms with Gasteiger partial charge in [0.2, 0.25) is 5.91 Å². The molecule has 2 aromatic carbocycles. The predicted molar refractivity (Wildman–Crippen MR) is 122 cm³/mol. The molecule has 0 radical (unpaired) electrons. The van der Waals surface area contributed by atoms with Gasteiger partial charge in [-0.3, -0.25) is 9.78 Å². The smallest absolute Gasteiger partial charge is 0.225 e. The molecule has 1 spiro atoms. The number of piperidine rings is 1. The number of para-hydroxylation sites is 1. The molecule has 6 rings (SSSR count). The summed E-state index contributed by atoms with van der Waals surface area (Å²) in [6.45, 7) is 3.86. The molecule has 31 heavy (non-hydrogen) atoms. The van der Waals surface area contributed by atoms with Crippen molar-refractivity contribution in [1.29, 1.82) is 0 Å². The Morgan fingerprint density at radius 3 is 2.71 bits per heavy atom. The number of ether oxygens (including phenoxy) is 1. The fourth-order valence-corrected chi connectivity index (χ4v) is 5.33. The van der Waals surface area contributed by atoms with Gasteiger partial charge >= 0.3 is 0 Å². The van der Waals surface area contributed by atoms with E-state index in [1.54, 1.807) is 0 Å². The number of fused-ring (bicyclic) bond motifs is 2. The molecular weight excluding hydrogens is 384 g/mol. The number of carbonyl (C=O) groups excluding carboxylic acids is 1. The molecule has 0 bridgehead atoms. The van der Waals surface area contributed by atoms with Crippen molar-refractivity contribution in [3.63, 3.8) is 0 Å². The second kappa shape index (κ2) is 7.08. The first-order valence-electron chi connectivity index (χ1n) is 11.6. The summed E-state index contributed by atoms with van der Waals surface area (Å²) in [5, 5.41) is 1.21. The molecule has 3 aliphatic rings. The van der Waals surface area contributed by atoms with Gasteiger partial charge in [-0.1, -0.05) is 24.3 Å². The minimum atomic E-state index is -0.102. The number of hydrogen-bond donors (Lipinski definition) is 0. The summed E-state index contributed by atoms with van der Waals surface area (Å²) in [6.07, 6.45) is 8.11. The van der Waals surface area contributed by atoms with Gasteiger partial charge in [0.25, 0.3) is 0 Å². The van der Waals surface area contributed by atoms with Crippen molar-refractivity contribution in [2.24, 2.45) is 5.92 Å². The van der Waals surface area contributed by atoms with Gasteiger partial charge in [-0.25, -0.2) is 0 Å². The third-order valence-electron chi connectivity index (χ3n) is 7.51. The number of benzene rings is 2. The molecule has 0 atom stereocenters. The lowest BCUT2D eigenvalue weighted by atomic mass is 9.82. The van der Waals surface area contributed by atoms with Crippen molar-refractivity contribution in [1.82, 2.24) is 9.88 Å². The SMILES string of the molecule is Cc1c(-c2ccc3c(c2)CCC2(CCN(C(=O)C4CC4)CC2)O3)cnc2ccccc12. The molecule has 1 aromatic heterocycles. The van der Waals surface area contributed by atoms with Crippen LogP contribution in [0.15, 0.2) is 48.7 Å². The van der Waals surface area contributed by atoms with Crippen LogP contribution in [0.25, 0.3) is 22.0 Å². The average molecular weight is 413 g/mol. The summed E-state index contributed by atoms with van der Waals surface area (Å²) < 4.78 is 6.60. The Morgan fingerprint density at radius 1 is 1.10 bits per heavy atom. The van der Waals surface area contributed by atoms with Crippen LogP contribution >= 0.6 is 0 Å². The first kappa shape index (κ1) is 18.9. The summed E-state index contributed by atoms with van der Waals surface area (Å²) in [4.78, 5) is 19.1. The number of aromatic nitrogens is 1. The van der Waals surface area contributed by atoms with E-state index in [-0.39, 0.29) is 5.60 Å². The highest BCUT2D eigenvalue weighted by Crippen LogP contribution is 2.42. The predicted octanol–water partition coefficient (Wildman–Crippen LogP) is 5.31. The highest BCUT2D eigenvalue weighted by molar-refractivity contribution is 5.88. The summed E-state index contributed by atoms with van der Waals surface area (Å²) in [7, 11) is 0. The zero-order valence-corrected chi connectivity index (χ0v) is 18.1. The molecule has 2 fully saturated rings. The van der Waals surface area contributed by atoms with Crippen molar-refractivity contribution in [2.75, 3.05) is 13.1 Å². The molecule has 2 aliphatic heterocycles. The van der Waals surface area contributed by atoms with Gasteiger partial charge in [-0.2, -0.15) is 0 Å². The van der Waals surface area contributed by atoms with Gasteiger partial charge in [0.15, 0.2) is 0 Å². The number of pyridine rings is 1. The van der Waals surface area contributed by atoms with Crippen molar-refractivity contribution >= 4 is 16.8 Å². The van der Waals surface area contributed by atoms with E-state index in [1.165, 1.54) is 27.6 Å². The van der Waals surface area contributed by atoms with Gasteiger partial charge in [0, 0.05) is 49.0 Å². The zero-order chi connectivity index (χ0) is 21.0. The number of likely N-dealkylation sites (tertiary alicyclic amines) is 1. The number of aryl methyl sites for hydroxylation is 2. The van der Waals surface area contributed by atoms with Crippen LogP contribution in [0, 0.1) is 12.8 Å². The fraction of sp³-hybridized carbons (Fsp3) is 0.407. The van der Waals surface area contributed by atoms with E-state index in [0.717, 1.165) is 62.9 Å². The number of rotatable bonds is 2. The molecule has 0 unspecified atom stereocenters. The van der Waals surface area contributed by atoms with E-state index in [2.05, 4.69) is 53.2 Å². The summed E-state index contributed by atoms with van der Waals surface area (Å²) in [5.74, 6) is 1.70. The fourth-order valence-electron chi connectivity index (χ4n) is 5.33. The van der Waals surface area contributed by atoms with E-state index in [0.29, 0.717) is 11.8 Å². The van der Waals surface area contributed by atoms with Crippen LogP contribution in [-0.4, -0.2) is 34.5 Å². The zero-order valence-electron chi connectivity index (χ0n) is 18.1. The second-order valence-corrected chi connectivity index (χ2v) is 9.52. The second-order valence-electron chi connectivity index (χ2n) is 9.52. The minimum Gasteiger partial charge on any atom is -0.487 e. The Kier molecular flexibility index (Phi) is 4.31. The highest BCUT2D eigenvalue weighted by Gasteiger charge is 2.42. The quantitative estimate of drug-likeness (QED) is 0.573. The lowest BCUT2D eigenvalue weighted by Gasteiger charge is -2.44. The first-order valence-corrected chi connectivity index (χ1v) is 11.6. The summed E-state index contributed by atoms with van der Waals surface area (Å²) >= 11 is 0. The standard InChI is InChI=1S/C27H28N2O2/c1-18-22-4-2-3-5-24(22)28-17-23(18)20-8-9-25-21(16-20)10-11-27(31-25)12-14-29(15-13-27)26(30)19-6-7-19/h2-5,8-9,16-17,19H,6-7,10-15H2,1H3. The van der Waals surface area contributed by atoms with Crippen molar-refractivity contribution < 1.29 is 9.53 Å². The molecule has 3 aromatic rings. The lowest BCUT2D eigenvalue weighted by molar-refractivity contribution is -0.136. The summed E-state index contributed by atoms with van der Waals surface area (Å²) in [6, 6.07) is 14.9. The molecular formula is C27H28N2O2. The molecule has 1 saturated carbocycles. The van der Waals surface area contributed by atoms with E-state index in [4.69, 9.17) is 4.74 Å². The Bertz CT molecular complexity index is 1170. The third kappa shape index (κ3) is 3.29. The molecule has 3 heterocycles.